The van der Waals surface area contributed by atoms with Crippen LogP contribution in [0.2, 0.25) is 0 Å². The lowest BCUT2D eigenvalue weighted by molar-refractivity contribution is -0.139. The highest BCUT2D eigenvalue weighted by Gasteiger charge is 2.40. The van der Waals surface area contributed by atoms with Crippen molar-refractivity contribution in [3.8, 4) is 11.5 Å². The number of carbonyl (C=O) groups excluding carboxylic acids is 1. The third-order valence-electron chi connectivity index (χ3n) is 6.25. The van der Waals surface area contributed by atoms with Crippen LogP contribution >= 0.6 is 0 Å². The Hall–Kier alpha value is -3.16. The van der Waals surface area contributed by atoms with Gasteiger partial charge in [-0.25, -0.2) is 4.79 Å². The van der Waals surface area contributed by atoms with Crippen molar-refractivity contribution in [2.24, 2.45) is 10.5 Å². The first-order chi connectivity index (χ1) is 15.9. The van der Waals surface area contributed by atoms with Gasteiger partial charge in [0.25, 0.3) is 0 Å². The van der Waals surface area contributed by atoms with Gasteiger partial charge in [-0.3, -0.25) is 0 Å². The molecule has 1 aliphatic carbocycles. The van der Waals surface area contributed by atoms with Crippen molar-refractivity contribution >= 4 is 5.97 Å². The van der Waals surface area contributed by atoms with E-state index < -0.39 is 0 Å². The van der Waals surface area contributed by atoms with Crippen LogP contribution in [0.1, 0.15) is 51.5 Å². The van der Waals surface area contributed by atoms with Crippen LogP contribution in [0.25, 0.3) is 10.4 Å². The van der Waals surface area contributed by atoms with Gasteiger partial charge in [-0.05, 0) is 60.4 Å². The Morgan fingerprint density at radius 2 is 2.15 bits per heavy atom. The van der Waals surface area contributed by atoms with E-state index in [-0.39, 0.29) is 50.5 Å². The van der Waals surface area contributed by atoms with Gasteiger partial charge in [-0.1, -0.05) is 25.0 Å². The highest BCUT2D eigenvalue weighted by atomic mass is 16.7. The highest BCUT2D eigenvalue weighted by Crippen LogP contribution is 2.49. The number of azide groups is 1. The Labute approximate surface area is 193 Å². The van der Waals surface area contributed by atoms with Crippen molar-refractivity contribution in [1.82, 2.24) is 5.32 Å². The minimum absolute atomic E-state index is 0.153. The Morgan fingerprint density at radius 1 is 1.33 bits per heavy atom. The number of dihydropyridines is 1. The van der Waals surface area contributed by atoms with Gasteiger partial charge in [-0.2, -0.15) is 0 Å². The smallest absolute Gasteiger partial charge is 0.336 e. The number of hydrogen-bond acceptors (Lipinski definition) is 7. The number of fused-ring (bicyclic) bond motifs is 1. The highest BCUT2D eigenvalue weighted by molar-refractivity contribution is 5.93. The topological polar surface area (TPSA) is 115 Å². The van der Waals surface area contributed by atoms with Crippen LogP contribution in [0.15, 0.2) is 45.9 Å². The summed E-state index contributed by atoms with van der Waals surface area (Å²) in [6.45, 7) is 7.46. The van der Waals surface area contributed by atoms with E-state index in [1.807, 2.05) is 18.2 Å². The monoisotopic (exact) mass is 454 g/mol. The molecule has 0 aromatic heterocycles. The average molecular weight is 455 g/mol. The molecule has 0 fully saturated rings. The number of ether oxygens (including phenoxy) is 4. The van der Waals surface area contributed by atoms with Crippen molar-refractivity contribution in [3.63, 3.8) is 0 Å². The van der Waals surface area contributed by atoms with Crippen molar-refractivity contribution in [2.45, 2.75) is 46.0 Å². The van der Waals surface area contributed by atoms with Gasteiger partial charge in [0.05, 0.1) is 31.1 Å². The largest absolute Gasteiger partial charge is 0.463 e. The maximum atomic E-state index is 13.2. The fourth-order valence-electron chi connectivity index (χ4n) is 4.69. The molecule has 0 radical (unpaired) electrons. The van der Waals surface area contributed by atoms with Crippen molar-refractivity contribution in [3.05, 3.63) is 56.7 Å². The van der Waals surface area contributed by atoms with Crippen LogP contribution in [-0.2, 0) is 14.3 Å². The lowest BCUT2D eigenvalue weighted by Gasteiger charge is -2.41. The molecule has 33 heavy (non-hydrogen) atoms. The van der Waals surface area contributed by atoms with Gasteiger partial charge < -0.3 is 24.3 Å². The second-order valence-electron chi connectivity index (χ2n) is 9.14. The Bertz CT molecular complexity index is 1040. The van der Waals surface area contributed by atoms with Gasteiger partial charge in [0.1, 0.15) is 0 Å². The van der Waals surface area contributed by atoms with Crippen LogP contribution in [0.5, 0.6) is 11.5 Å². The molecule has 1 atom stereocenters. The standard InChI is InChI=1S/C24H30N4O5/c1-4-31-23(29)22-18(13-30-10-9-26-28-25)27-17-12-24(2,3)8-7-16(17)21(22)15-5-6-19-20(11-15)33-14-32-19/h5-6,11,21,27H,4,7-10,12-14H2,1-3H3. The van der Waals surface area contributed by atoms with Crippen LogP contribution < -0.4 is 14.8 Å². The molecule has 3 aliphatic rings. The number of nitrogens with one attached hydrogen (secondary N) is 1. The summed E-state index contributed by atoms with van der Waals surface area (Å²) in [5.41, 5.74) is 13.2. The summed E-state index contributed by atoms with van der Waals surface area (Å²) in [5, 5.41) is 7.03. The third-order valence-corrected chi connectivity index (χ3v) is 6.25. The summed E-state index contributed by atoms with van der Waals surface area (Å²) in [6.07, 6.45) is 2.78. The molecular formula is C24H30N4O5. The molecule has 1 aromatic carbocycles. The normalized spacial score (nSPS) is 20.6. The minimum atomic E-state index is -0.363. The van der Waals surface area contributed by atoms with Crippen molar-refractivity contribution in [2.75, 3.05) is 33.2 Å². The number of rotatable bonds is 8. The average Bonchev–Trinajstić information content (AvgIpc) is 3.25. The molecule has 2 aliphatic heterocycles. The third kappa shape index (κ3) is 4.94. The molecule has 176 valence electrons. The zero-order valence-electron chi connectivity index (χ0n) is 19.3. The molecule has 0 saturated heterocycles. The van der Waals surface area contributed by atoms with Crippen LogP contribution in [-0.4, -0.2) is 39.1 Å². The zero-order valence-corrected chi connectivity index (χ0v) is 19.3. The molecule has 0 saturated carbocycles. The first-order valence-electron chi connectivity index (χ1n) is 11.3. The summed E-state index contributed by atoms with van der Waals surface area (Å²) < 4.78 is 22.4. The second kappa shape index (κ2) is 9.77. The van der Waals surface area contributed by atoms with E-state index >= 15 is 0 Å². The fraction of sp³-hybridized carbons (Fsp3) is 0.542. The maximum Gasteiger partial charge on any atom is 0.336 e. The minimum Gasteiger partial charge on any atom is -0.463 e. The Morgan fingerprint density at radius 3 is 2.94 bits per heavy atom. The van der Waals surface area contributed by atoms with Crippen molar-refractivity contribution < 1.29 is 23.7 Å². The second-order valence-corrected chi connectivity index (χ2v) is 9.14. The van der Waals surface area contributed by atoms with E-state index in [4.69, 9.17) is 24.5 Å². The Balaban J connectivity index is 1.76. The first kappa shape index (κ1) is 23.0. The predicted molar refractivity (Wildman–Crippen MR) is 122 cm³/mol. The van der Waals surface area contributed by atoms with Gasteiger partial charge in [0.15, 0.2) is 11.5 Å². The predicted octanol–water partition coefficient (Wildman–Crippen LogP) is 4.71. The summed E-state index contributed by atoms with van der Waals surface area (Å²) in [4.78, 5) is 16.0. The zero-order chi connectivity index (χ0) is 23.4. The number of esters is 1. The number of hydrogen-bond donors (Lipinski definition) is 1. The quantitative estimate of drug-likeness (QED) is 0.200. The molecule has 9 nitrogen and oxygen atoms in total. The number of benzene rings is 1. The molecule has 1 unspecified atom stereocenters. The molecule has 0 bridgehead atoms. The van der Waals surface area contributed by atoms with E-state index in [1.54, 1.807) is 6.92 Å². The maximum absolute atomic E-state index is 13.2. The van der Waals surface area contributed by atoms with Gasteiger partial charge in [0, 0.05) is 23.1 Å². The van der Waals surface area contributed by atoms with E-state index in [9.17, 15) is 4.79 Å². The van der Waals surface area contributed by atoms with Crippen LogP contribution in [0.3, 0.4) is 0 Å². The van der Waals surface area contributed by atoms with E-state index in [2.05, 4.69) is 29.2 Å². The molecule has 1 aromatic rings. The molecule has 0 amide bonds. The van der Waals surface area contributed by atoms with E-state index in [1.165, 1.54) is 5.57 Å². The number of carbonyl (C=O) groups is 1. The molecule has 0 spiro atoms. The number of nitrogens with zero attached hydrogens (tertiary/aromatic N) is 3. The molecular weight excluding hydrogens is 424 g/mol. The lowest BCUT2D eigenvalue weighted by Crippen LogP contribution is -2.37. The van der Waals surface area contributed by atoms with Crippen LogP contribution in [0, 0.1) is 5.41 Å². The van der Waals surface area contributed by atoms with E-state index in [0.29, 0.717) is 22.8 Å². The summed E-state index contributed by atoms with van der Waals surface area (Å²) in [5.74, 6) is 0.758. The first-order valence-corrected chi connectivity index (χ1v) is 11.3. The summed E-state index contributed by atoms with van der Waals surface area (Å²) in [6, 6.07) is 5.85. The Kier molecular flexibility index (Phi) is 6.81. The number of allylic oxidation sites excluding steroid dienone is 2. The lowest BCUT2D eigenvalue weighted by atomic mass is 9.69. The van der Waals surface area contributed by atoms with Crippen LogP contribution in [0.4, 0.5) is 0 Å². The molecule has 4 rings (SSSR count). The summed E-state index contributed by atoms with van der Waals surface area (Å²) in [7, 11) is 0. The van der Waals surface area contributed by atoms with Crippen molar-refractivity contribution in [1.29, 1.82) is 0 Å². The van der Waals surface area contributed by atoms with Gasteiger partial charge in [-0.15, -0.1) is 0 Å². The fourth-order valence-corrected chi connectivity index (χ4v) is 4.69. The molecule has 9 heteroatoms. The van der Waals surface area contributed by atoms with Gasteiger partial charge >= 0.3 is 5.97 Å². The molecule has 2 heterocycles. The molecule has 1 N–H and O–H groups in total. The van der Waals surface area contributed by atoms with E-state index in [0.717, 1.165) is 30.5 Å². The summed E-state index contributed by atoms with van der Waals surface area (Å²) >= 11 is 0. The van der Waals surface area contributed by atoms with Gasteiger partial charge in [0.2, 0.25) is 6.79 Å². The SMILES string of the molecule is CCOC(=O)C1=C(COCCN=[N+]=[N-])NC2=C(CCC(C)(C)C2)C1c1ccc2c(c1)OCO2.